The Balaban J connectivity index is 7.52. The first-order valence-electron chi connectivity index (χ1n) is 14.0. The Labute approximate surface area is 207 Å². The van der Waals surface area contributed by atoms with E-state index < -0.39 is 23.8 Å². The van der Waals surface area contributed by atoms with Crippen LogP contribution in [-0.4, -0.2) is 51.6 Å². The van der Waals surface area contributed by atoms with E-state index in [4.69, 9.17) is 0 Å². The third kappa shape index (κ3) is 6.83. The summed E-state index contributed by atoms with van der Waals surface area (Å²) in [6, 6.07) is 0. The topological polar surface area (TPSA) is 51.2 Å². The van der Waals surface area contributed by atoms with Gasteiger partial charge in [0.05, 0.1) is 0 Å². The maximum atomic E-state index is 13.8. The summed E-state index contributed by atoms with van der Waals surface area (Å²) in [7, 11) is 0. The molecule has 0 saturated heterocycles. The molecule has 6 heteroatoms. The number of hydrogen-bond acceptors (Lipinski definition) is 3. The van der Waals surface area contributed by atoms with Crippen molar-refractivity contribution in [1.29, 1.82) is 0 Å². The van der Waals surface area contributed by atoms with Crippen LogP contribution in [0.15, 0.2) is 0 Å². The molecule has 0 amide bonds. The monoisotopic (exact) mass is 595 g/mol. The molecule has 33 heavy (non-hydrogen) atoms. The summed E-state index contributed by atoms with van der Waals surface area (Å²) in [5, 5.41) is 0. The van der Waals surface area contributed by atoms with E-state index in [1.807, 2.05) is 0 Å². The third-order valence-corrected chi connectivity index (χ3v) is 70.2. The third-order valence-electron chi connectivity index (χ3n) is 8.05. The second-order valence-corrected chi connectivity index (χ2v) is 46.6. The van der Waals surface area contributed by atoms with Crippen LogP contribution in [0.3, 0.4) is 0 Å². The fourth-order valence-electron chi connectivity index (χ4n) is 5.86. The van der Waals surface area contributed by atoms with Gasteiger partial charge in [0, 0.05) is 0 Å². The van der Waals surface area contributed by atoms with Crippen LogP contribution in [-0.2, 0) is 27.0 Å². The van der Waals surface area contributed by atoms with Gasteiger partial charge in [-0.05, 0) is 0 Å². The summed E-state index contributed by atoms with van der Waals surface area (Å²) in [6.07, 6.45) is 19.1. The molecule has 0 saturated carbocycles. The summed E-state index contributed by atoms with van der Waals surface area (Å²) in [6.45, 7) is 13.3. The molecule has 0 unspecified atom stereocenters. The van der Waals surface area contributed by atoms with Gasteiger partial charge in [-0.2, -0.15) is 0 Å². The molecule has 203 valence electrons. The average Bonchev–Trinajstić information content (AvgIpc) is 2.86. The van der Waals surface area contributed by atoms with Crippen LogP contribution in [0.2, 0.25) is 0 Å². The number of carbonyl (C=O) groups excluding carboxylic acids is 3. The summed E-state index contributed by atoms with van der Waals surface area (Å²) >= 11 is -4.60. The summed E-state index contributed by atoms with van der Waals surface area (Å²) in [5.41, 5.74) is -4.88. The van der Waals surface area contributed by atoms with Crippen LogP contribution in [0.4, 0.5) is 0 Å². The second-order valence-electron chi connectivity index (χ2n) is 10.2. The molecule has 0 aliphatic heterocycles. The van der Waals surface area contributed by atoms with Crippen LogP contribution in [0.25, 0.3) is 0 Å². The molecule has 0 aromatic rings. The molecule has 0 spiro atoms. The van der Waals surface area contributed by atoms with Crippen molar-refractivity contribution in [3.63, 3.8) is 0 Å². The van der Waals surface area contributed by atoms with Gasteiger partial charge in [0.25, 0.3) is 0 Å². The van der Waals surface area contributed by atoms with E-state index in [1.165, 1.54) is 14.6 Å². The van der Waals surface area contributed by atoms with Crippen molar-refractivity contribution < 1.29 is 27.0 Å². The van der Waals surface area contributed by atoms with Crippen LogP contribution in [0, 0.1) is 0 Å². The zero-order valence-corrected chi connectivity index (χ0v) is 26.8. The van der Waals surface area contributed by atoms with E-state index in [0.29, 0.717) is 0 Å². The standard InChI is InChI=1S/2C12H27P.3CHO.Ru/c2*1-4-7-10-13(11-8-5-2)12-9-6-3;3*1-2;/h2*4-12H2,1-3H3;3*1H;/q;;;;;-2/p+2. The van der Waals surface area contributed by atoms with Gasteiger partial charge in [-0.25, -0.2) is 0 Å². The molecule has 0 fully saturated rings. The maximum absolute atomic E-state index is 13.8. The molecule has 0 aliphatic rings. The first-order valence-corrected chi connectivity index (χ1v) is 27.2. The predicted molar refractivity (Wildman–Crippen MR) is 156 cm³/mol. The molecule has 0 atom stereocenters. The summed E-state index contributed by atoms with van der Waals surface area (Å²) < 4.78 is 0. The molecule has 0 bridgehead atoms. The quantitative estimate of drug-likeness (QED) is 0.0678. The van der Waals surface area contributed by atoms with Gasteiger partial charge in [-0.1, -0.05) is 0 Å². The second kappa shape index (κ2) is 17.0. The van der Waals surface area contributed by atoms with Crippen molar-refractivity contribution in [3.05, 3.63) is 0 Å². The molecule has 0 heterocycles. The molecule has 0 rings (SSSR count). The Morgan fingerprint density at radius 3 is 0.727 bits per heavy atom. The minimum atomic E-state index is -4.60. The molecule has 3 nitrogen and oxygen atoms in total. The fraction of sp³-hybridized carbons (Fsp3) is 0.889. The van der Waals surface area contributed by atoms with Crippen molar-refractivity contribution in [2.75, 3.05) is 37.0 Å². The van der Waals surface area contributed by atoms with Gasteiger partial charge in [0.1, 0.15) is 0 Å². The van der Waals surface area contributed by atoms with E-state index in [1.54, 1.807) is 0 Å². The van der Waals surface area contributed by atoms with Crippen molar-refractivity contribution in [3.8, 4) is 0 Å². The molecule has 0 aromatic heterocycles. The van der Waals surface area contributed by atoms with E-state index >= 15 is 0 Å². The van der Waals surface area contributed by atoms with E-state index in [9.17, 15) is 14.4 Å². The van der Waals surface area contributed by atoms with Crippen molar-refractivity contribution in [2.45, 2.75) is 119 Å². The molecular formula is C27H59O3P2Ru. The van der Waals surface area contributed by atoms with Crippen molar-refractivity contribution in [2.24, 2.45) is 0 Å². The zero-order valence-electron chi connectivity index (χ0n) is 23.0. The Kier molecular flexibility index (Phi) is 17.3. The van der Waals surface area contributed by atoms with Crippen molar-refractivity contribution >= 4 is 25.8 Å². The Morgan fingerprint density at radius 2 is 0.606 bits per heavy atom. The first kappa shape index (κ1) is 33.5. The van der Waals surface area contributed by atoms with Crippen molar-refractivity contribution in [1.82, 2.24) is 0 Å². The molecule has 0 N–H and O–H groups in total. The van der Waals surface area contributed by atoms with Gasteiger partial charge in [-0.15, -0.1) is 0 Å². The Hall–Kier alpha value is 0.493. The normalized spacial score (nSPS) is 14.9. The van der Waals surface area contributed by atoms with Gasteiger partial charge >= 0.3 is 208 Å². The summed E-state index contributed by atoms with van der Waals surface area (Å²) in [5.74, 6) is 0. The molecule has 0 aliphatic carbocycles. The number of unbranched alkanes of at least 4 members (excludes halogenated alkanes) is 6. The van der Waals surface area contributed by atoms with Crippen LogP contribution in [0.5, 0.6) is 0 Å². The van der Waals surface area contributed by atoms with E-state index in [2.05, 4.69) is 41.5 Å². The number of carbonyl (C=O) groups is 3. The fourth-order valence-corrected chi connectivity index (χ4v) is 77.9. The summed E-state index contributed by atoms with van der Waals surface area (Å²) in [4.78, 5) is 44.9. The van der Waals surface area contributed by atoms with Gasteiger partial charge in [0.2, 0.25) is 0 Å². The van der Waals surface area contributed by atoms with E-state index in [0.717, 1.165) is 114 Å². The van der Waals surface area contributed by atoms with Gasteiger partial charge in [0.15, 0.2) is 0 Å². The Bertz CT molecular complexity index is 463. The van der Waals surface area contributed by atoms with Gasteiger partial charge < -0.3 is 0 Å². The average molecular weight is 595 g/mol. The molecule has 0 radical (unpaired) electrons. The van der Waals surface area contributed by atoms with Crippen LogP contribution >= 0.6 is 11.2 Å². The minimum absolute atomic E-state index is 1.03. The molecule has 0 aromatic carbocycles. The van der Waals surface area contributed by atoms with Crippen LogP contribution in [0.1, 0.15) is 119 Å². The molecular weight excluding hydrogens is 535 g/mol. The number of hydrogen-bond donors (Lipinski definition) is 0. The number of rotatable bonds is 23. The first-order chi connectivity index (χ1) is 15.9. The van der Waals surface area contributed by atoms with E-state index in [-0.39, 0.29) is 0 Å². The van der Waals surface area contributed by atoms with Crippen LogP contribution < -0.4 is 0 Å². The Morgan fingerprint density at radius 1 is 0.424 bits per heavy atom. The van der Waals surface area contributed by atoms with Gasteiger partial charge in [-0.3, -0.25) is 0 Å². The predicted octanol–water partition coefficient (Wildman–Crippen LogP) is 8.38. The SMILES string of the molecule is CCCC[PH](CCCC)(CCCC)[Ru]([CH]=O)([CH]=O)([CH]=O)[PH](CCCC)(CCCC)CCCC. The zero-order chi connectivity index (χ0) is 25.3.